The van der Waals surface area contributed by atoms with Crippen molar-refractivity contribution in [1.29, 1.82) is 0 Å². The maximum Gasteiger partial charge on any atom is 0.213 e. The summed E-state index contributed by atoms with van der Waals surface area (Å²) in [4.78, 5) is 8.21. The van der Waals surface area contributed by atoms with Gasteiger partial charge in [0, 0.05) is 18.8 Å². The number of hydrogen-bond donors (Lipinski definition) is 1. The maximum atomic E-state index is 12.3. The van der Waals surface area contributed by atoms with Crippen LogP contribution in [0.4, 0.5) is 5.69 Å². The van der Waals surface area contributed by atoms with Crippen LogP contribution in [0.25, 0.3) is 0 Å². The molecule has 0 unspecified atom stereocenters. The van der Waals surface area contributed by atoms with Crippen molar-refractivity contribution in [3.05, 3.63) is 42.2 Å². The smallest absolute Gasteiger partial charge is 0.213 e. The summed E-state index contributed by atoms with van der Waals surface area (Å²) < 4.78 is 29.2. The van der Waals surface area contributed by atoms with E-state index in [2.05, 4.69) is 15.3 Å². The van der Waals surface area contributed by atoms with Crippen LogP contribution in [0.3, 0.4) is 0 Å². The molecule has 0 aliphatic rings. The molecule has 0 spiro atoms. The van der Waals surface area contributed by atoms with Gasteiger partial charge in [-0.25, -0.2) is 18.4 Å². The highest BCUT2D eigenvalue weighted by Crippen LogP contribution is 2.24. The molecule has 0 saturated heterocycles. The van der Waals surface area contributed by atoms with Crippen LogP contribution in [-0.2, 0) is 16.4 Å². The Kier molecular flexibility index (Phi) is 5.43. The van der Waals surface area contributed by atoms with Crippen LogP contribution in [0, 0.1) is 0 Å². The molecule has 0 aromatic carbocycles. The largest absolute Gasteiger partial charge is 0.478 e. The van der Waals surface area contributed by atoms with Gasteiger partial charge in [0.05, 0.1) is 23.2 Å². The summed E-state index contributed by atoms with van der Waals surface area (Å²) in [6.07, 6.45) is 3.22. The van der Waals surface area contributed by atoms with Crippen LogP contribution in [0.2, 0.25) is 0 Å². The van der Waals surface area contributed by atoms with Crippen molar-refractivity contribution in [3.8, 4) is 5.88 Å². The molecule has 0 aliphatic carbocycles. The second-order valence-corrected chi connectivity index (χ2v) is 8.94. The molecular formula is C17H23N3O3S. The van der Waals surface area contributed by atoms with Gasteiger partial charge in [0.25, 0.3) is 0 Å². The van der Waals surface area contributed by atoms with Gasteiger partial charge in [-0.2, -0.15) is 0 Å². The summed E-state index contributed by atoms with van der Waals surface area (Å²) in [5, 5.41) is 3.29. The lowest BCUT2D eigenvalue weighted by Crippen LogP contribution is -2.28. The first kappa shape index (κ1) is 18.2. The normalized spacial score (nSPS) is 12.0. The fraction of sp³-hybridized carbons (Fsp3) is 0.412. The molecule has 2 aromatic heterocycles. The van der Waals surface area contributed by atoms with Gasteiger partial charge >= 0.3 is 0 Å². The van der Waals surface area contributed by atoms with Gasteiger partial charge in [0.2, 0.25) is 5.88 Å². The molecule has 2 rings (SSSR count). The summed E-state index contributed by atoms with van der Waals surface area (Å²) >= 11 is 0. The highest BCUT2D eigenvalue weighted by molar-refractivity contribution is 7.92. The number of rotatable bonds is 6. The number of nitrogens with zero attached hydrogens (tertiary/aromatic N) is 2. The molecule has 1 N–H and O–H groups in total. The van der Waals surface area contributed by atoms with Crippen molar-refractivity contribution >= 4 is 15.5 Å². The van der Waals surface area contributed by atoms with E-state index < -0.39 is 14.6 Å². The van der Waals surface area contributed by atoms with E-state index in [4.69, 9.17) is 4.74 Å². The van der Waals surface area contributed by atoms with Crippen molar-refractivity contribution in [3.63, 3.8) is 0 Å². The summed E-state index contributed by atoms with van der Waals surface area (Å²) in [6.45, 7) is 8.03. The third-order valence-corrected chi connectivity index (χ3v) is 5.81. The predicted octanol–water partition coefficient (Wildman–Crippen LogP) is 3.06. The average molecular weight is 349 g/mol. The lowest BCUT2D eigenvalue weighted by atomic mass is 10.2. The lowest BCUT2D eigenvalue weighted by molar-refractivity contribution is 0.326. The van der Waals surface area contributed by atoms with Crippen LogP contribution >= 0.6 is 0 Å². The van der Waals surface area contributed by atoms with Crippen LogP contribution in [0.1, 0.15) is 33.3 Å². The molecule has 0 bridgehead atoms. The van der Waals surface area contributed by atoms with Crippen molar-refractivity contribution in [2.75, 3.05) is 11.9 Å². The van der Waals surface area contributed by atoms with Crippen LogP contribution < -0.4 is 10.1 Å². The zero-order valence-electron chi connectivity index (χ0n) is 14.4. The third-order valence-electron chi connectivity index (χ3n) is 3.41. The third kappa shape index (κ3) is 4.23. The SMILES string of the molecule is CCOc1cc(CNc2ccc(S(=O)(=O)C(C)(C)C)nc2)ccn1. The molecule has 0 atom stereocenters. The molecule has 130 valence electrons. The van der Waals surface area contributed by atoms with Crippen molar-refractivity contribution in [2.45, 2.75) is 44.0 Å². The van der Waals surface area contributed by atoms with Crippen molar-refractivity contribution in [2.24, 2.45) is 0 Å². The first-order valence-electron chi connectivity index (χ1n) is 7.76. The molecule has 0 amide bonds. The molecular weight excluding hydrogens is 326 g/mol. The molecule has 0 aliphatic heterocycles. The Labute approximate surface area is 143 Å². The lowest BCUT2D eigenvalue weighted by Gasteiger charge is -2.18. The van der Waals surface area contributed by atoms with Gasteiger partial charge in [-0.05, 0) is 51.5 Å². The molecule has 2 heterocycles. The highest BCUT2D eigenvalue weighted by atomic mass is 32.2. The topological polar surface area (TPSA) is 81.2 Å². The number of aromatic nitrogens is 2. The fourth-order valence-corrected chi connectivity index (χ4v) is 3.01. The number of hydrogen-bond acceptors (Lipinski definition) is 6. The van der Waals surface area contributed by atoms with Crippen LogP contribution in [0.15, 0.2) is 41.7 Å². The van der Waals surface area contributed by atoms with Crippen LogP contribution in [0.5, 0.6) is 5.88 Å². The number of ether oxygens (including phenoxy) is 1. The van der Waals surface area contributed by atoms with Gasteiger partial charge in [-0.3, -0.25) is 0 Å². The zero-order chi connectivity index (χ0) is 17.8. The van der Waals surface area contributed by atoms with E-state index in [-0.39, 0.29) is 5.03 Å². The summed E-state index contributed by atoms with van der Waals surface area (Å²) in [5.74, 6) is 0.585. The quantitative estimate of drug-likeness (QED) is 0.863. The van der Waals surface area contributed by atoms with Gasteiger partial charge in [-0.15, -0.1) is 0 Å². The zero-order valence-corrected chi connectivity index (χ0v) is 15.2. The summed E-state index contributed by atoms with van der Waals surface area (Å²) in [7, 11) is -3.44. The second kappa shape index (κ2) is 7.17. The van der Waals surface area contributed by atoms with E-state index in [1.54, 1.807) is 33.0 Å². The Morgan fingerprint density at radius 1 is 1.17 bits per heavy atom. The number of anilines is 1. The molecule has 0 fully saturated rings. The van der Waals surface area contributed by atoms with E-state index in [0.717, 1.165) is 11.3 Å². The Bertz CT molecular complexity index is 781. The number of pyridine rings is 2. The Morgan fingerprint density at radius 3 is 2.50 bits per heavy atom. The van der Waals surface area contributed by atoms with E-state index in [9.17, 15) is 8.42 Å². The van der Waals surface area contributed by atoms with E-state index >= 15 is 0 Å². The van der Waals surface area contributed by atoms with E-state index in [1.807, 2.05) is 19.1 Å². The van der Waals surface area contributed by atoms with Gasteiger partial charge in [0.1, 0.15) is 0 Å². The van der Waals surface area contributed by atoms with Crippen molar-refractivity contribution in [1.82, 2.24) is 9.97 Å². The fourth-order valence-electron chi connectivity index (χ4n) is 1.95. The number of nitrogens with one attached hydrogen (secondary N) is 1. The summed E-state index contributed by atoms with van der Waals surface area (Å²) in [5.41, 5.74) is 1.76. The first-order valence-corrected chi connectivity index (χ1v) is 9.24. The minimum Gasteiger partial charge on any atom is -0.478 e. The maximum absolute atomic E-state index is 12.3. The molecule has 0 radical (unpaired) electrons. The molecule has 6 nitrogen and oxygen atoms in total. The second-order valence-electron chi connectivity index (χ2n) is 6.29. The molecule has 2 aromatic rings. The Balaban J connectivity index is 2.06. The Hall–Kier alpha value is -2.15. The van der Waals surface area contributed by atoms with Gasteiger partial charge in [0.15, 0.2) is 14.9 Å². The number of sulfone groups is 1. The van der Waals surface area contributed by atoms with Crippen LogP contribution in [-0.4, -0.2) is 29.7 Å². The highest BCUT2D eigenvalue weighted by Gasteiger charge is 2.31. The summed E-state index contributed by atoms with van der Waals surface area (Å²) in [6, 6.07) is 7.00. The van der Waals surface area contributed by atoms with Crippen molar-refractivity contribution < 1.29 is 13.2 Å². The minimum atomic E-state index is -3.44. The standard InChI is InChI=1S/C17H23N3O3S/c1-5-23-15-10-13(8-9-18-15)11-19-14-6-7-16(20-12-14)24(21,22)17(2,3)4/h6-10,12,19H,5,11H2,1-4H3. The average Bonchev–Trinajstić information content (AvgIpc) is 2.53. The Morgan fingerprint density at radius 2 is 1.92 bits per heavy atom. The molecule has 7 heteroatoms. The first-order chi connectivity index (χ1) is 11.2. The predicted molar refractivity (Wildman–Crippen MR) is 93.9 cm³/mol. The monoisotopic (exact) mass is 349 g/mol. The van der Waals surface area contributed by atoms with Gasteiger partial charge in [-0.1, -0.05) is 0 Å². The van der Waals surface area contributed by atoms with E-state index in [0.29, 0.717) is 19.0 Å². The molecule has 0 saturated carbocycles. The minimum absolute atomic E-state index is 0.0862. The van der Waals surface area contributed by atoms with E-state index in [1.165, 1.54) is 12.3 Å². The van der Waals surface area contributed by atoms with Gasteiger partial charge < -0.3 is 10.1 Å². The molecule has 24 heavy (non-hydrogen) atoms.